The summed E-state index contributed by atoms with van der Waals surface area (Å²) in [5.74, 6) is 0.0550. The zero-order valence-electron chi connectivity index (χ0n) is 12.1. The molecule has 0 aliphatic rings. The van der Waals surface area contributed by atoms with Gasteiger partial charge >= 0.3 is 5.69 Å². The molecule has 1 aromatic heterocycles. The highest BCUT2D eigenvalue weighted by atomic mass is 35.5. The Labute approximate surface area is 132 Å². The Kier molecular flexibility index (Phi) is 6.73. The fourth-order valence-corrected chi connectivity index (χ4v) is 1.63. The van der Waals surface area contributed by atoms with Gasteiger partial charge in [-0.2, -0.15) is 10.2 Å². The van der Waals surface area contributed by atoms with Gasteiger partial charge in [-0.1, -0.05) is 26.0 Å². The van der Waals surface area contributed by atoms with Crippen LogP contribution in [0.3, 0.4) is 0 Å². The number of aromatic nitrogens is 2. The van der Waals surface area contributed by atoms with Gasteiger partial charge in [-0.15, -0.1) is 0 Å². The minimum Gasteiger partial charge on any atom is -0.360 e. The smallest absolute Gasteiger partial charge is 0.329 e. The first kappa shape index (κ1) is 17.3. The average Bonchev–Trinajstić information content (AvgIpc) is 2.55. The largest absolute Gasteiger partial charge is 0.360 e. The van der Waals surface area contributed by atoms with Crippen LogP contribution in [0.5, 0.6) is 0 Å². The van der Waals surface area contributed by atoms with E-state index in [1.165, 1.54) is 0 Å². The number of halogens is 1. The molecule has 0 saturated heterocycles. The first-order chi connectivity index (χ1) is 10.6. The Bertz CT molecular complexity index is 683. The van der Waals surface area contributed by atoms with Crippen LogP contribution >= 0.6 is 11.6 Å². The Hall–Kier alpha value is -2.72. The summed E-state index contributed by atoms with van der Waals surface area (Å²) in [6.07, 6.45) is 1.05. The van der Waals surface area contributed by atoms with Gasteiger partial charge in [0.05, 0.1) is 16.6 Å². The van der Waals surface area contributed by atoms with Crippen LogP contribution in [0.4, 0.5) is 11.5 Å². The molecule has 0 radical (unpaired) electrons. The van der Waals surface area contributed by atoms with Crippen molar-refractivity contribution in [1.29, 1.82) is 5.26 Å². The number of hydrogen-bond donors (Lipinski definition) is 1. The molecule has 0 saturated carbocycles. The van der Waals surface area contributed by atoms with Gasteiger partial charge in [-0.3, -0.25) is 10.1 Å². The summed E-state index contributed by atoms with van der Waals surface area (Å²) in [6.45, 7) is 4.32. The van der Waals surface area contributed by atoms with E-state index in [0.717, 1.165) is 11.8 Å². The minimum absolute atomic E-state index is 0.0550. The molecule has 0 amide bonds. The molecule has 2 aromatic rings. The lowest BCUT2D eigenvalue weighted by molar-refractivity contribution is -0.384. The molecule has 2 rings (SSSR count). The van der Waals surface area contributed by atoms with Gasteiger partial charge in [0.25, 0.3) is 0 Å². The molecule has 114 valence electrons. The molecule has 0 fully saturated rings. The number of anilines is 1. The third-order valence-electron chi connectivity index (χ3n) is 2.48. The maximum Gasteiger partial charge on any atom is 0.329 e. The van der Waals surface area contributed by atoms with Gasteiger partial charge in [-0.25, -0.2) is 4.98 Å². The molecule has 0 spiro atoms. The molecular formula is C14H14ClN5O2. The number of nitrogens with one attached hydrogen (secondary N) is 1. The van der Waals surface area contributed by atoms with Crippen molar-refractivity contribution in [2.75, 3.05) is 5.32 Å². The summed E-state index contributed by atoms with van der Waals surface area (Å²) in [6, 6.07) is 8.84. The Balaban J connectivity index is 0.00000116. The first-order valence-electron chi connectivity index (χ1n) is 6.50. The van der Waals surface area contributed by atoms with Crippen molar-refractivity contribution in [1.82, 2.24) is 9.97 Å². The summed E-state index contributed by atoms with van der Waals surface area (Å²) < 4.78 is 0. The fourth-order valence-electron chi connectivity index (χ4n) is 1.50. The number of nitriles is 1. The van der Waals surface area contributed by atoms with E-state index in [-0.39, 0.29) is 16.8 Å². The van der Waals surface area contributed by atoms with Gasteiger partial charge in [0.2, 0.25) is 11.1 Å². The van der Waals surface area contributed by atoms with Crippen molar-refractivity contribution in [3.05, 3.63) is 57.0 Å². The third-order valence-corrected chi connectivity index (χ3v) is 2.66. The highest BCUT2D eigenvalue weighted by molar-refractivity contribution is 6.28. The molecule has 0 bridgehead atoms. The van der Waals surface area contributed by atoms with Crippen molar-refractivity contribution in [2.45, 2.75) is 20.4 Å². The van der Waals surface area contributed by atoms with Crippen LogP contribution in [0.2, 0.25) is 5.28 Å². The van der Waals surface area contributed by atoms with Crippen LogP contribution in [-0.4, -0.2) is 14.9 Å². The van der Waals surface area contributed by atoms with Crippen molar-refractivity contribution in [3.8, 4) is 6.07 Å². The average molecular weight is 320 g/mol. The minimum atomic E-state index is -0.586. The van der Waals surface area contributed by atoms with E-state index < -0.39 is 4.92 Å². The standard InChI is InChI=1S/C12H8ClN5O2.C2H6/c13-12-16-7-10(18(19)20)11(17-12)15-6-9-3-1-8(5-14)2-4-9;1-2/h1-4,7H,6H2,(H,15,16,17);1-2H3. The van der Waals surface area contributed by atoms with Gasteiger partial charge in [0.15, 0.2) is 0 Å². The number of nitrogens with zero attached hydrogens (tertiary/aromatic N) is 4. The van der Waals surface area contributed by atoms with E-state index in [4.69, 9.17) is 16.9 Å². The molecule has 8 heteroatoms. The molecule has 7 nitrogen and oxygen atoms in total. The van der Waals surface area contributed by atoms with Crippen molar-refractivity contribution >= 4 is 23.1 Å². The van der Waals surface area contributed by atoms with E-state index in [2.05, 4.69) is 15.3 Å². The SMILES string of the molecule is CC.N#Cc1ccc(CNc2nc(Cl)ncc2[N+](=O)[O-])cc1. The monoisotopic (exact) mass is 319 g/mol. The molecule has 0 atom stereocenters. The van der Waals surface area contributed by atoms with Crippen LogP contribution in [0.15, 0.2) is 30.5 Å². The zero-order valence-corrected chi connectivity index (χ0v) is 12.8. The van der Waals surface area contributed by atoms with E-state index in [9.17, 15) is 10.1 Å². The predicted molar refractivity (Wildman–Crippen MR) is 83.5 cm³/mol. The molecule has 22 heavy (non-hydrogen) atoms. The Morgan fingerprint density at radius 1 is 1.36 bits per heavy atom. The van der Waals surface area contributed by atoms with Crippen molar-refractivity contribution < 1.29 is 4.92 Å². The lowest BCUT2D eigenvalue weighted by atomic mass is 10.1. The first-order valence-corrected chi connectivity index (χ1v) is 6.88. The second-order valence-corrected chi connectivity index (χ2v) is 4.13. The molecule has 1 heterocycles. The van der Waals surface area contributed by atoms with Crippen LogP contribution in [0, 0.1) is 21.4 Å². The number of benzene rings is 1. The molecule has 1 N–H and O–H groups in total. The van der Waals surface area contributed by atoms with Gasteiger partial charge in [-0.05, 0) is 29.3 Å². The van der Waals surface area contributed by atoms with Crippen LogP contribution in [0.1, 0.15) is 25.0 Å². The van der Waals surface area contributed by atoms with Gasteiger partial charge in [0.1, 0.15) is 6.20 Å². The van der Waals surface area contributed by atoms with Gasteiger partial charge in [0, 0.05) is 6.54 Å². The van der Waals surface area contributed by atoms with E-state index in [1.807, 2.05) is 19.9 Å². The second kappa shape index (κ2) is 8.54. The topological polar surface area (TPSA) is 105 Å². The summed E-state index contributed by atoms with van der Waals surface area (Å²) in [5.41, 5.74) is 1.15. The maximum atomic E-state index is 10.8. The molecule has 1 aromatic carbocycles. The lowest BCUT2D eigenvalue weighted by Gasteiger charge is -2.06. The van der Waals surface area contributed by atoms with E-state index >= 15 is 0 Å². The Morgan fingerprint density at radius 2 is 2.00 bits per heavy atom. The summed E-state index contributed by atoms with van der Waals surface area (Å²) >= 11 is 5.62. The van der Waals surface area contributed by atoms with E-state index in [1.54, 1.807) is 24.3 Å². The molecular weight excluding hydrogens is 306 g/mol. The van der Waals surface area contributed by atoms with Crippen LogP contribution < -0.4 is 5.32 Å². The zero-order chi connectivity index (χ0) is 16.5. The number of nitro groups is 1. The summed E-state index contributed by atoms with van der Waals surface area (Å²) in [4.78, 5) is 17.6. The van der Waals surface area contributed by atoms with Crippen LogP contribution in [-0.2, 0) is 6.54 Å². The van der Waals surface area contributed by atoms with Crippen molar-refractivity contribution in [2.24, 2.45) is 0 Å². The molecule has 0 aliphatic carbocycles. The highest BCUT2D eigenvalue weighted by Crippen LogP contribution is 2.22. The normalized spacial score (nSPS) is 9.18. The van der Waals surface area contributed by atoms with E-state index in [0.29, 0.717) is 12.1 Å². The summed E-state index contributed by atoms with van der Waals surface area (Å²) in [7, 11) is 0. The fraction of sp³-hybridized carbons (Fsp3) is 0.214. The number of hydrogen-bond acceptors (Lipinski definition) is 6. The highest BCUT2D eigenvalue weighted by Gasteiger charge is 2.16. The second-order valence-electron chi connectivity index (χ2n) is 3.79. The lowest BCUT2D eigenvalue weighted by Crippen LogP contribution is -2.05. The van der Waals surface area contributed by atoms with Crippen LogP contribution in [0.25, 0.3) is 0 Å². The summed E-state index contributed by atoms with van der Waals surface area (Å²) in [5, 5.41) is 22.3. The third kappa shape index (κ3) is 4.68. The van der Waals surface area contributed by atoms with Crippen molar-refractivity contribution in [3.63, 3.8) is 0 Å². The quantitative estimate of drug-likeness (QED) is 0.525. The molecule has 0 aliphatic heterocycles. The maximum absolute atomic E-state index is 10.8. The number of rotatable bonds is 4. The predicted octanol–water partition coefficient (Wildman–Crippen LogP) is 3.55. The molecule has 0 unspecified atom stereocenters. The Morgan fingerprint density at radius 3 is 2.55 bits per heavy atom. The van der Waals surface area contributed by atoms with Gasteiger partial charge < -0.3 is 5.32 Å².